The molecule has 0 fully saturated rings. The number of halogens is 1. The van der Waals surface area contributed by atoms with Crippen molar-refractivity contribution >= 4 is 29.4 Å². The molecule has 0 unspecified atom stereocenters. The van der Waals surface area contributed by atoms with Gasteiger partial charge in [-0.25, -0.2) is 9.78 Å². The molecule has 0 radical (unpaired) electrons. The maximum Gasteiger partial charge on any atom is 0.316 e. The Morgan fingerprint density at radius 3 is 2.88 bits per heavy atom. The van der Waals surface area contributed by atoms with Crippen LogP contribution in [-0.2, 0) is 0 Å². The summed E-state index contributed by atoms with van der Waals surface area (Å²) in [5.41, 5.74) is 5.42. The van der Waals surface area contributed by atoms with Gasteiger partial charge in [-0.15, -0.1) is 0 Å². The van der Waals surface area contributed by atoms with Crippen LogP contribution >= 0.6 is 11.6 Å². The largest absolute Gasteiger partial charge is 0.368 e. The summed E-state index contributed by atoms with van der Waals surface area (Å²) in [7, 11) is 3.34. The molecule has 0 atom stereocenters. The molecule has 1 rings (SSSR count). The molecule has 0 bridgehead atoms. The van der Waals surface area contributed by atoms with E-state index < -0.39 is 0 Å². The van der Waals surface area contributed by atoms with Gasteiger partial charge in [0, 0.05) is 27.2 Å². The van der Waals surface area contributed by atoms with Crippen molar-refractivity contribution in [1.29, 1.82) is 0 Å². The Labute approximate surface area is 104 Å². The zero-order chi connectivity index (χ0) is 12.8. The Hall–Kier alpha value is -1.76. The van der Waals surface area contributed by atoms with Crippen LogP contribution < -0.4 is 16.4 Å². The first-order valence-corrected chi connectivity index (χ1v) is 5.35. The van der Waals surface area contributed by atoms with E-state index in [1.807, 2.05) is 0 Å². The Morgan fingerprint density at radius 1 is 1.53 bits per heavy atom. The summed E-state index contributed by atoms with van der Waals surface area (Å²) >= 11 is 5.85. The number of rotatable bonds is 4. The summed E-state index contributed by atoms with van der Waals surface area (Å²) in [6, 6.07) is -0.153. The minimum atomic E-state index is -0.153. The van der Waals surface area contributed by atoms with Crippen molar-refractivity contribution in [3.05, 3.63) is 11.2 Å². The highest BCUT2D eigenvalue weighted by Gasteiger charge is 2.04. The Morgan fingerprint density at radius 2 is 2.24 bits per heavy atom. The molecule has 0 aliphatic carbocycles. The molecule has 1 aromatic rings. The summed E-state index contributed by atoms with van der Waals surface area (Å²) in [4.78, 5) is 20.3. The third-order valence-electron chi connectivity index (χ3n) is 1.86. The summed E-state index contributed by atoms with van der Waals surface area (Å²) in [5.74, 6) is 0.604. The first-order chi connectivity index (χ1) is 8.00. The summed E-state index contributed by atoms with van der Waals surface area (Å²) < 4.78 is 0. The second-order valence-corrected chi connectivity index (χ2v) is 3.89. The van der Waals surface area contributed by atoms with Crippen LogP contribution in [0, 0.1) is 0 Å². The van der Waals surface area contributed by atoms with Gasteiger partial charge in [0.05, 0.1) is 6.20 Å². The van der Waals surface area contributed by atoms with E-state index in [1.165, 1.54) is 11.1 Å². The van der Waals surface area contributed by atoms with Gasteiger partial charge >= 0.3 is 6.03 Å². The van der Waals surface area contributed by atoms with Crippen molar-refractivity contribution in [2.45, 2.75) is 0 Å². The highest BCUT2D eigenvalue weighted by molar-refractivity contribution is 6.32. The van der Waals surface area contributed by atoms with Crippen molar-refractivity contribution in [2.75, 3.05) is 38.2 Å². The number of nitrogens with two attached hydrogens (primary N) is 1. The maximum atomic E-state index is 11.2. The number of nitrogens with zero attached hydrogens (tertiary/aromatic N) is 3. The molecule has 17 heavy (non-hydrogen) atoms. The first kappa shape index (κ1) is 13.3. The van der Waals surface area contributed by atoms with E-state index in [0.717, 1.165) is 0 Å². The fourth-order valence-corrected chi connectivity index (χ4v) is 1.17. The van der Waals surface area contributed by atoms with Crippen LogP contribution in [0.3, 0.4) is 0 Å². The second-order valence-electron chi connectivity index (χ2n) is 3.48. The van der Waals surface area contributed by atoms with E-state index in [4.69, 9.17) is 17.3 Å². The van der Waals surface area contributed by atoms with Crippen LogP contribution in [0.5, 0.6) is 0 Å². The number of urea groups is 1. The van der Waals surface area contributed by atoms with Gasteiger partial charge in [-0.2, -0.15) is 4.98 Å². The van der Waals surface area contributed by atoms with Crippen molar-refractivity contribution < 1.29 is 4.79 Å². The van der Waals surface area contributed by atoms with Gasteiger partial charge in [0.15, 0.2) is 5.82 Å². The molecular formula is C9H15ClN6O. The molecule has 8 heteroatoms. The van der Waals surface area contributed by atoms with E-state index in [9.17, 15) is 4.79 Å². The lowest BCUT2D eigenvalue weighted by atomic mass is 10.5. The molecule has 0 aromatic carbocycles. The van der Waals surface area contributed by atoms with Gasteiger partial charge in [-0.1, -0.05) is 11.6 Å². The SMILES string of the molecule is CN(C)C(=O)NCCNc1nc(N)ncc1Cl. The molecule has 0 aliphatic rings. The van der Waals surface area contributed by atoms with E-state index in [-0.39, 0.29) is 12.0 Å². The Bertz CT molecular complexity index is 397. The Kier molecular flexibility index (Phi) is 4.77. The average molecular weight is 259 g/mol. The van der Waals surface area contributed by atoms with Crippen LogP contribution in [0.2, 0.25) is 5.02 Å². The Balaban J connectivity index is 2.36. The number of aromatic nitrogens is 2. The minimum absolute atomic E-state index is 0.147. The standard InChI is InChI=1S/C9H15ClN6O/c1-16(2)9(17)13-4-3-12-7-6(10)5-14-8(11)15-7/h5H,3-4H2,1-2H3,(H,13,17)(H3,11,12,14,15). The monoisotopic (exact) mass is 258 g/mol. The zero-order valence-corrected chi connectivity index (χ0v) is 10.5. The molecule has 2 amide bonds. The second kappa shape index (κ2) is 6.09. The molecule has 0 spiro atoms. The normalized spacial score (nSPS) is 9.82. The number of amides is 2. The van der Waals surface area contributed by atoms with E-state index in [2.05, 4.69) is 20.6 Å². The molecule has 0 aliphatic heterocycles. The molecule has 4 N–H and O–H groups in total. The lowest BCUT2D eigenvalue weighted by molar-refractivity contribution is 0.218. The number of carbonyl (C=O) groups excluding carboxylic acids is 1. The lowest BCUT2D eigenvalue weighted by Gasteiger charge is -2.12. The zero-order valence-electron chi connectivity index (χ0n) is 9.70. The van der Waals surface area contributed by atoms with Gasteiger partial charge in [-0.3, -0.25) is 0 Å². The van der Waals surface area contributed by atoms with Crippen molar-refractivity contribution in [3.63, 3.8) is 0 Å². The van der Waals surface area contributed by atoms with Crippen molar-refractivity contribution in [3.8, 4) is 0 Å². The van der Waals surface area contributed by atoms with Crippen LogP contribution in [-0.4, -0.2) is 48.1 Å². The van der Waals surface area contributed by atoms with E-state index >= 15 is 0 Å². The summed E-state index contributed by atoms with van der Waals surface area (Å²) in [5, 5.41) is 6.03. The van der Waals surface area contributed by atoms with Crippen LogP contribution in [0.4, 0.5) is 16.6 Å². The van der Waals surface area contributed by atoms with Gasteiger partial charge < -0.3 is 21.3 Å². The molecule has 0 saturated heterocycles. The third-order valence-corrected chi connectivity index (χ3v) is 2.14. The highest BCUT2D eigenvalue weighted by atomic mass is 35.5. The van der Waals surface area contributed by atoms with Gasteiger partial charge in [0.2, 0.25) is 5.95 Å². The molecule has 0 saturated carbocycles. The van der Waals surface area contributed by atoms with Crippen LogP contribution in [0.25, 0.3) is 0 Å². The fourth-order valence-electron chi connectivity index (χ4n) is 1.01. The third kappa shape index (κ3) is 4.31. The number of hydrogen-bond donors (Lipinski definition) is 3. The lowest BCUT2D eigenvalue weighted by Crippen LogP contribution is -2.37. The molecule has 1 aromatic heterocycles. The fraction of sp³-hybridized carbons (Fsp3) is 0.444. The van der Waals surface area contributed by atoms with Gasteiger partial charge in [0.1, 0.15) is 5.02 Å². The first-order valence-electron chi connectivity index (χ1n) is 4.97. The predicted molar refractivity (Wildman–Crippen MR) is 67.0 cm³/mol. The average Bonchev–Trinajstić information content (AvgIpc) is 2.28. The number of carbonyl (C=O) groups is 1. The highest BCUT2D eigenvalue weighted by Crippen LogP contribution is 2.17. The summed E-state index contributed by atoms with van der Waals surface area (Å²) in [6.07, 6.45) is 1.42. The van der Waals surface area contributed by atoms with Crippen molar-refractivity contribution in [1.82, 2.24) is 20.2 Å². The molecular weight excluding hydrogens is 244 g/mol. The van der Waals surface area contributed by atoms with Crippen molar-refractivity contribution in [2.24, 2.45) is 0 Å². The number of hydrogen-bond acceptors (Lipinski definition) is 5. The maximum absolute atomic E-state index is 11.2. The summed E-state index contributed by atoms with van der Waals surface area (Å²) in [6.45, 7) is 0.951. The van der Waals surface area contributed by atoms with E-state index in [0.29, 0.717) is 23.9 Å². The molecule has 94 valence electrons. The number of nitrogen functional groups attached to an aromatic ring is 1. The topological polar surface area (TPSA) is 96.2 Å². The van der Waals surface area contributed by atoms with Gasteiger partial charge in [-0.05, 0) is 0 Å². The van der Waals surface area contributed by atoms with E-state index in [1.54, 1.807) is 14.1 Å². The van der Waals surface area contributed by atoms with Crippen LogP contribution in [0.15, 0.2) is 6.20 Å². The van der Waals surface area contributed by atoms with Crippen LogP contribution in [0.1, 0.15) is 0 Å². The number of nitrogens with one attached hydrogen (secondary N) is 2. The molecule has 7 nitrogen and oxygen atoms in total. The molecule has 1 heterocycles. The quantitative estimate of drug-likeness (QED) is 0.679. The smallest absolute Gasteiger partial charge is 0.316 e. The minimum Gasteiger partial charge on any atom is -0.368 e. The number of anilines is 2. The predicted octanol–water partition coefficient (Wildman–Crippen LogP) is 0.395. The van der Waals surface area contributed by atoms with Gasteiger partial charge in [0.25, 0.3) is 0 Å².